The van der Waals surface area contributed by atoms with Crippen molar-refractivity contribution in [2.75, 3.05) is 20.2 Å². The Kier molecular flexibility index (Phi) is 4.22. The molecule has 0 bridgehead atoms. The molecule has 1 unspecified atom stereocenters. The van der Waals surface area contributed by atoms with Gasteiger partial charge in [0.1, 0.15) is 5.84 Å². The van der Waals surface area contributed by atoms with Gasteiger partial charge in [-0.2, -0.15) is 0 Å². The van der Waals surface area contributed by atoms with Crippen LogP contribution in [0.2, 0.25) is 0 Å². The van der Waals surface area contributed by atoms with Gasteiger partial charge < -0.3 is 10.5 Å². The topological polar surface area (TPSA) is 62.3 Å². The lowest BCUT2D eigenvalue weighted by Gasteiger charge is -2.39. The summed E-state index contributed by atoms with van der Waals surface area (Å²) >= 11 is 0. The Bertz CT molecular complexity index is 443. The van der Waals surface area contributed by atoms with Gasteiger partial charge in [-0.15, -0.1) is 0 Å². The molecule has 4 heteroatoms. The van der Waals surface area contributed by atoms with Gasteiger partial charge in [-0.3, -0.25) is 10.3 Å². The average Bonchev–Trinajstić information content (AvgIpc) is 2.39. The zero-order valence-corrected chi connectivity index (χ0v) is 11.8. The Morgan fingerprint density at radius 3 is 2.68 bits per heavy atom. The monoisotopic (exact) mass is 261 g/mol. The molecule has 104 valence electrons. The second-order valence-corrected chi connectivity index (χ2v) is 5.58. The molecule has 0 radical (unpaired) electrons. The summed E-state index contributed by atoms with van der Waals surface area (Å²) in [5.74, 6) is 0.122. The standard InChI is InChI=1S/C15H23N3O/c1-15(19-2)8-3-9-18(11-15)10-12-4-6-13(7-5-12)14(16)17/h4-7H,3,8-11H2,1-2H3,(H3,16,17). The molecule has 1 aliphatic heterocycles. The fourth-order valence-electron chi connectivity index (χ4n) is 2.66. The highest BCUT2D eigenvalue weighted by Crippen LogP contribution is 2.24. The van der Waals surface area contributed by atoms with Crippen LogP contribution in [0, 0.1) is 5.41 Å². The molecular formula is C15H23N3O. The van der Waals surface area contributed by atoms with E-state index in [0.29, 0.717) is 0 Å². The summed E-state index contributed by atoms with van der Waals surface area (Å²) in [6.45, 7) is 5.19. The number of hydrogen-bond donors (Lipinski definition) is 2. The number of rotatable bonds is 4. The first-order valence-electron chi connectivity index (χ1n) is 6.73. The molecule has 1 aromatic rings. The van der Waals surface area contributed by atoms with Crippen LogP contribution in [0.25, 0.3) is 0 Å². The molecule has 0 aromatic heterocycles. The Balaban J connectivity index is 1.99. The van der Waals surface area contributed by atoms with Crippen molar-refractivity contribution in [1.29, 1.82) is 5.41 Å². The number of benzene rings is 1. The number of nitrogen functional groups attached to an aromatic ring is 1. The summed E-state index contributed by atoms with van der Waals surface area (Å²) < 4.78 is 5.61. The second kappa shape index (κ2) is 5.72. The van der Waals surface area contributed by atoms with Gasteiger partial charge in [-0.1, -0.05) is 24.3 Å². The summed E-state index contributed by atoms with van der Waals surface area (Å²) in [5, 5.41) is 7.39. The number of nitrogens with two attached hydrogens (primary N) is 1. The molecule has 0 saturated carbocycles. The van der Waals surface area contributed by atoms with E-state index in [1.807, 2.05) is 12.1 Å². The van der Waals surface area contributed by atoms with Crippen molar-refractivity contribution in [2.45, 2.75) is 31.9 Å². The third-order valence-electron chi connectivity index (χ3n) is 3.90. The molecule has 0 amide bonds. The van der Waals surface area contributed by atoms with E-state index in [1.54, 1.807) is 7.11 Å². The number of amidine groups is 1. The lowest BCUT2D eigenvalue weighted by Crippen LogP contribution is -2.46. The zero-order valence-electron chi connectivity index (χ0n) is 11.8. The van der Waals surface area contributed by atoms with Gasteiger partial charge >= 0.3 is 0 Å². The van der Waals surface area contributed by atoms with Crippen LogP contribution < -0.4 is 5.73 Å². The Labute approximate surface area is 115 Å². The maximum atomic E-state index is 7.39. The minimum absolute atomic E-state index is 0.0163. The van der Waals surface area contributed by atoms with Crippen molar-refractivity contribution in [3.8, 4) is 0 Å². The molecule has 4 nitrogen and oxygen atoms in total. The maximum Gasteiger partial charge on any atom is 0.122 e. The fraction of sp³-hybridized carbons (Fsp3) is 0.533. The van der Waals surface area contributed by atoms with Crippen LogP contribution in [-0.4, -0.2) is 36.5 Å². The number of nitrogens with one attached hydrogen (secondary N) is 1. The minimum Gasteiger partial charge on any atom is -0.384 e. The molecule has 1 saturated heterocycles. The number of likely N-dealkylation sites (tertiary alicyclic amines) is 1. The molecule has 19 heavy (non-hydrogen) atoms. The van der Waals surface area contributed by atoms with Gasteiger partial charge in [0.25, 0.3) is 0 Å². The second-order valence-electron chi connectivity index (χ2n) is 5.58. The number of hydrogen-bond acceptors (Lipinski definition) is 3. The van der Waals surface area contributed by atoms with Crippen molar-refractivity contribution >= 4 is 5.84 Å². The molecule has 2 rings (SSSR count). The van der Waals surface area contributed by atoms with Crippen molar-refractivity contribution in [3.63, 3.8) is 0 Å². The van der Waals surface area contributed by atoms with Crippen molar-refractivity contribution in [1.82, 2.24) is 4.90 Å². The first kappa shape index (κ1) is 14.0. The first-order valence-corrected chi connectivity index (χ1v) is 6.73. The quantitative estimate of drug-likeness (QED) is 0.643. The van der Waals surface area contributed by atoms with E-state index in [-0.39, 0.29) is 11.4 Å². The third-order valence-corrected chi connectivity index (χ3v) is 3.90. The highest BCUT2D eigenvalue weighted by Gasteiger charge is 2.30. The normalized spacial score (nSPS) is 24.3. The smallest absolute Gasteiger partial charge is 0.122 e. The molecule has 1 atom stereocenters. The van der Waals surface area contributed by atoms with Crippen molar-refractivity contribution in [2.24, 2.45) is 5.73 Å². The van der Waals surface area contributed by atoms with E-state index in [1.165, 1.54) is 12.0 Å². The van der Waals surface area contributed by atoms with Gasteiger partial charge in [-0.05, 0) is 31.9 Å². The summed E-state index contributed by atoms with van der Waals surface area (Å²) in [6.07, 6.45) is 2.30. The summed E-state index contributed by atoms with van der Waals surface area (Å²) in [7, 11) is 1.80. The maximum absolute atomic E-state index is 7.39. The van der Waals surface area contributed by atoms with Gasteiger partial charge in [0, 0.05) is 25.8 Å². The van der Waals surface area contributed by atoms with Gasteiger partial charge in [0.15, 0.2) is 0 Å². The van der Waals surface area contributed by atoms with Crippen LogP contribution in [0.1, 0.15) is 30.9 Å². The van der Waals surface area contributed by atoms with E-state index >= 15 is 0 Å². The fourth-order valence-corrected chi connectivity index (χ4v) is 2.66. The van der Waals surface area contributed by atoms with Crippen LogP contribution in [0.15, 0.2) is 24.3 Å². The lowest BCUT2D eigenvalue weighted by molar-refractivity contribution is -0.0527. The molecule has 1 aromatic carbocycles. The van der Waals surface area contributed by atoms with Crippen molar-refractivity contribution in [3.05, 3.63) is 35.4 Å². The lowest BCUT2D eigenvalue weighted by atomic mass is 9.94. The molecule has 0 spiro atoms. The SMILES string of the molecule is COC1(C)CCCN(Cc2ccc(C(=N)N)cc2)C1. The van der Waals surface area contributed by atoms with E-state index in [4.69, 9.17) is 15.9 Å². The molecule has 1 heterocycles. The number of piperidine rings is 1. The van der Waals surface area contributed by atoms with Crippen LogP contribution in [0.5, 0.6) is 0 Å². The summed E-state index contributed by atoms with van der Waals surface area (Å²) in [5.41, 5.74) is 7.48. The Morgan fingerprint density at radius 2 is 2.11 bits per heavy atom. The highest BCUT2D eigenvalue weighted by molar-refractivity contribution is 5.94. The van der Waals surface area contributed by atoms with E-state index in [2.05, 4.69) is 24.0 Å². The molecular weight excluding hydrogens is 238 g/mol. The average molecular weight is 261 g/mol. The van der Waals surface area contributed by atoms with E-state index in [0.717, 1.165) is 31.6 Å². The number of methoxy groups -OCH3 is 1. The summed E-state index contributed by atoms with van der Waals surface area (Å²) in [6, 6.07) is 7.93. The molecule has 1 fully saturated rings. The highest BCUT2D eigenvalue weighted by atomic mass is 16.5. The Hall–Kier alpha value is -1.39. The van der Waals surface area contributed by atoms with Crippen LogP contribution in [0.3, 0.4) is 0 Å². The van der Waals surface area contributed by atoms with E-state index < -0.39 is 0 Å². The van der Waals surface area contributed by atoms with Gasteiger partial charge in [0.2, 0.25) is 0 Å². The predicted molar refractivity (Wildman–Crippen MR) is 77.4 cm³/mol. The Morgan fingerprint density at radius 1 is 1.42 bits per heavy atom. The zero-order chi connectivity index (χ0) is 13.9. The van der Waals surface area contributed by atoms with Crippen LogP contribution >= 0.6 is 0 Å². The largest absolute Gasteiger partial charge is 0.384 e. The summed E-state index contributed by atoms with van der Waals surface area (Å²) in [4.78, 5) is 2.43. The van der Waals surface area contributed by atoms with Crippen molar-refractivity contribution < 1.29 is 4.74 Å². The molecule has 3 N–H and O–H groups in total. The molecule has 0 aliphatic carbocycles. The number of nitrogens with zero attached hydrogens (tertiary/aromatic N) is 1. The number of ether oxygens (including phenoxy) is 1. The predicted octanol–water partition coefficient (Wildman–Crippen LogP) is 1.97. The molecule has 1 aliphatic rings. The first-order chi connectivity index (χ1) is 9.02. The van der Waals surface area contributed by atoms with Gasteiger partial charge in [0.05, 0.1) is 5.60 Å². The third kappa shape index (κ3) is 3.55. The van der Waals surface area contributed by atoms with Gasteiger partial charge in [-0.25, -0.2) is 0 Å². The van der Waals surface area contributed by atoms with Crippen LogP contribution in [-0.2, 0) is 11.3 Å². The van der Waals surface area contributed by atoms with E-state index in [9.17, 15) is 0 Å². The van der Waals surface area contributed by atoms with Crippen LogP contribution in [0.4, 0.5) is 0 Å². The minimum atomic E-state index is -0.0163.